The van der Waals surface area contributed by atoms with Crippen LogP contribution in [-0.4, -0.2) is 72.0 Å². The average Bonchev–Trinajstić information content (AvgIpc) is 3.27. The van der Waals surface area contributed by atoms with Crippen molar-refractivity contribution in [3.63, 3.8) is 0 Å². The quantitative estimate of drug-likeness (QED) is 0.0803. The van der Waals surface area contributed by atoms with E-state index in [9.17, 15) is 24.6 Å². The van der Waals surface area contributed by atoms with Crippen molar-refractivity contribution in [2.24, 2.45) is 11.8 Å². The Kier molecular flexibility index (Phi) is 20.0. The lowest BCUT2D eigenvalue weighted by Crippen LogP contribution is -2.20. The van der Waals surface area contributed by atoms with Crippen LogP contribution in [0.1, 0.15) is 95.1 Å². The number of esters is 2. The van der Waals surface area contributed by atoms with E-state index in [2.05, 4.69) is 6.92 Å². The number of aliphatic hydroxyl groups excluding tert-OH is 2. The monoisotopic (exact) mass is 634 g/mol. The first-order chi connectivity index (χ1) is 21.3. The molecule has 8 nitrogen and oxygen atoms in total. The van der Waals surface area contributed by atoms with Gasteiger partial charge >= 0.3 is 11.9 Å². The second-order valence-corrected chi connectivity index (χ2v) is 12.9. The van der Waals surface area contributed by atoms with Crippen LogP contribution in [0.4, 0.5) is 0 Å². The highest BCUT2D eigenvalue weighted by Gasteiger charge is 2.39. The molecule has 0 saturated heterocycles. The van der Waals surface area contributed by atoms with Crippen molar-refractivity contribution < 1.29 is 38.8 Å². The molecular weight excluding hydrogens is 580 g/mol. The van der Waals surface area contributed by atoms with E-state index >= 15 is 0 Å². The van der Waals surface area contributed by atoms with Crippen LogP contribution in [0.25, 0.3) is 0 Å². The molecule has 0 spiro atoms. The molecule has 1 aliphatic carbocycles. The van der Waals surface area contributed by atoms with Crippen molar-refractivity contribution in [2.45, 2.75) is 109 Å². The third-order valence-electron chi connectivity index (χ3n) is 7.87. The fourth-order valence-electron chi connectivity index (χ4n) is 5.48. The molecule has 2 N–H and O–H groups in total. The van der Waals surface area contributed by atoms with Gasteiger partial charge in [0.1, 0.15) is 19.0 Å². The second kappa shape index (κ2) is 23.2. The highest BCUT2D eigenvalue weighted by Crippen LogP contribution is 2.34. The van der Waals surface area contributed by atoms with Gasteiger partial charge in [0.25, 0.3) is 0 Å². The zero-order valence-corrected chi connectivity index (χ0v) is 27.6. The summed E-state index contributed by atoms with van der Waals surface area (Å²) in [4.78, 5) is 36.3. The highest BCUT2D eigenvalue weighted by atomic mass is 32.2. The first-order valence-electron chi connectivity index (χ1n) is 16.4. The number of carbonyl (C=O) groups is 3. The molecular formula is C35H54O8S. The number of Topliss-reactive ketones (excluding diaryl/α,β-unsaturated/α-hetero) is 1. The summed E-state index contributed by atoms with van der Waals surface area (Å²) in [6, 6.07) is 7.88. The van der Waals surface area contributed by atoms with Crippen LogP contribution in [0.2, 0.25) is 0 Å². The van der Waals surface area contributed by atoms with Crippen molar-refractivity contribution in [1.29, 1.82) is 0 Å². The number of methoxy groups -OCH3 is 1. The van der Waals surface area contributed by atoms with Gasteiger partial charge in [0, 0.05) is 44.6 Å². The van der Waals surface area contributed by atoms with E-state index in [0.717, 1.165) is 41.9 Å². The summed E-state index contributed by atoms with van der Waals surface area (Å²) in [6.45, 7) is 2.87. The molecule has 2 rings (SSSR count). The molecule has 1 fully saturated rings. The molecule has 0 heterocycles. The number of rotatable bonds is 24. The predicted molar refractivity (Wildman–Crippen MR) is 174 cm³/mol. The van der Waals surface area contributed by atoms with Crippen molar-refractivity contribution in [3.8, 4) is 0 Å². The minimum atomic E-state index is -0.736. The molecule has 0 unspecified atom stereocenters. The van der Waals surface area contributed by atoms with Gasteiger partial charge in [-0.25, -0.2) is 0 Å². The van der Waals surface area contributed by atoms with Crippen molar-refractivity contribution >= 4 is 29.5 Å². The molecule has 1 saturated carbocycles. The van der Waals surface area contributed by atoms with E-state index in [1.807, 2.05) is 24.3 Å². The summed E-state index contributed by atoms with van der Waals surface area (Å²) in [5, 5.41) is 21.0. The minimum Gasteiger partial charge on any atom is -0.462 e. The molecule has 4 atom stereocenters. The molecule has 0 radical (unpaired) electrons. The largest absolute Gasteiger partial charge is 0.462 e. The normalized spacial score (nSPS) is 19.0. The van der Waals surface area contributed by atoms with Crippen molar-refractivity contribution in [3.05, 3.63) is 47.5 Å². The molecule has 0 aromatic heterocycles. The van der Waals surface area contributed by atoms with E-state index < -0.39 is 12.2 Å². The van der Waals surface area contributed by atoms with Crippen LogP contribution >= 0.6 is 11.8 Å². The third-order valence-corrected chi connectivity index (χ3v) is 8.97. The van der Waals surface area contributed by atoms with Gasteiger partial charge in [-0.15, -0.1) is 0 Å². The lowest BCUT2D eigenvalue weighted by atomic mass is 9.91. The van der Waals surface area contributed by atoms with Gasteiger partial charge in [-0.05, 0) is 41.9 Å². The molecule has 248 valence electrons. The Morgan fingerprint density at radius 1 is 0.977 bits per heavy atom. The SMILES string of the molecule is CCCCCCCCCC(=O)OCCOC(=O)CCCSCC[C@H]1C(=O)C[C@@H](O)[C@H]1/C=C/[C@@H](O)Cc1cccc(COC)c1. The van der Waals surface area contributed by atoms with Gasteiger partial charge in [0.05, 0.1) is 18.8 Å². The Hall–Kier alpha value is -2.20. The number of ketones is 1. The topological polar surface area (TPSA) is 119 Å². The number of ether oxygens (including phenoxy) is 3. The maximum atomic E-state index is 12.5. The molecule has 1 aromatic carbocycles. The summed E-state index contributed by atoms with van der Waals surface area (Å²) >= 11 is 1.67. The van der Waals surface area contributed by atoms with E-state index in [1.54, 1.807) is 31.0 Å². The molecule has 9 heteroatoms. The smallest absolute Gasteiger partial charge is 0.305 e. The number of unbranched alkanes of at least 4 members (excludes halogenated alkanes) is 6. The van der Waals surface area contributed by atoms with E-state index in [4.69, 9.17) is 14.2 Å². The summed E-state index contributed by atoms with van der Waals surface area (Å²) in [5.41, 5.74) is 2.04. The Labute approximate surface area is 268 Å². The summed E-state index contributed by atoms with van der Waals surface area (Å²) in [5.74, 6) is 0.427. The van der Waals surface area contributed by atoms with Gasteiger partial charge in [-0.1, -0.05) is 81.9 Å². The van der Waals surface area contributed by atoms with Crippen molar-refractivity contribution in [2.75, 3.05) is 31.8 Å². The van der Waals surface area contributed by atoms with Crippen LogP contribution < -0.4 is 0 Å². The number of hydrogen-bond donors (Lipinski definition) is 2. The zero-order valence-electron chi connectivity index (χ0n) is 26.8. The van der Waals surface area contributed by atoms with Crippen LogP contribution in [0.15, 0.2) is 36.4 Å². The van der Waals surface area contributed by atoms with Crippen LogP contribution in [-0.2, 0) is 41.6 Å². The second-order valence-electron chi connectivity index (χ2n) is 11.6. The Morgan fingerprint density at radius 2 is 1.64 bits per heavy atom. The van der Waals surface area contributed by atoms with Crippen molar-refractivity contribution in [1.82, 2.24) is 0 Å². The summed E-state index contributed by atoms with van der Waals surface area (Å²) in [6.07, 6.45) is 12.6. The molecule has 1 aromatic rings. The van der Waals surface area contributed by atoms with Crippen LogP contribution in [0, 0.1) is 11.8 Å². The van der Waals surface area contributed by atoms with Crippen LogP contribution in [0.5, 0.6) is 0 Å². The number of carbonyl (C=O) groups excluding carboxylic acids is 3. The molecule has 1 aliphatic rings. The first-order valence-corrected chi connectivity index (χ1v) is 17.5. The standard InChI is InChI=1S/C35H54O8S/c1-3-4-5-6-7-8-9-14-34(39)42-19-20-43-35(40)15-11-21-44-22-18-31-30(32(37)25-33(31)38)17-16-29(36)24-27-12-10-13-28(23-27)26-41-2/h10,12-13,16-17,23,29-32,36-37H,3-9,11,14-15,18-22,24-26H2,1-2H3/b17-16+/t29-,30+,31-,32-/m1/s1. The van der Waals surface area contributed by atoms with Crippen LogP contribution in [0.3, 0.4) is 0 Å². The maximum absolute atomic E-state index is 12.5. The zero-order chi connectivity index (χ0) is 32.0. The summed E-state index contributed by atoms with van der Waals surface area (Å²) < 4.78 is 15.5. The number of aliphatic hydroxyl groups is 2. The average molecular weight is 635 g/mol. The first kappa shape index (κ1) is 38.0. The van der Waals surface area contributed by atoms with E-state index in [1.165, 1.54) is 25.7 Å². The minimum absolute atomic E-state index is 0.0567. The molecule has 0 amide bonds. The van der Waals surface area contributed by atoms with E-state index in [-0.39, 0.29) is 55.6 Å². The maximum Gasteiger partial charge on any atom is 0.305 e. The lowest BCUT2D eigenvalue weighted by Gasteiger charge is -2.18. The predicted octanol–water partition coefficient (Wildman–Crippen LogP) is 5.99. The van der Waals surface area contributed by atoms with Gasteiger partial charge in [0.15, 0.2) is 0 Å². The Balaban J connectivity index is 1.56. The molecule has 44 heavy (non-hydrogen) atoms. The number of benzene rings is 1. The van der Waals surface area contributed by atoms with Gasteiger partial charge < -0.3 is 24.4 Å². The lowest BCUT2D eigenvalue weighted by molar-refractivity contribution is -0.152. The van der Waals surface area contributed by atoms with Gasteiger partial charge in [0.2, 0.25) is 0 Å². The van der Waals surface area contributed by atoms with E-state index in [0.29, 0.717) is 32.3 Å². The Bertz CT molecular complexity index is 997. The number of thioether (sulfide) groups is 1. The highest BCUT2D eigenvalue weighted by molar-refractivity contribution is 7.99. The fraction of sp³-hybridized carbons (Fsp3) is 0.686. The number of hydrogen-bond acceptors (Lipinski definition) is 9. The third kappa shape index (κ3) is 16.2. The van der Waals surface area contributed by atoms with Gasteiger partial charge in [-0.3, -0.25) is 14.4 Å². The molecule has 0 bridgehead atoms. The molecule has 0 aliphatic heterocycles. The summed E-state index contributed by atoms with van der Waals surface area (Å²) in [7, 11) is 1.65. The van der Waals surface area contributed by atoms with Gasteiger partial charge in [-0.2, -0.15) is 11.8 Å². The Morgan fingerprint density at radius 3 is 2.34 bits per heavy atom. The fourth-order valence-corrected chi connectivity index (χ4v) is 6.46.